The summed E-state index contributed by atoms with van der Waals surface area (Å²) in [6.07, 6.45) is 7.22. The van der Waals surface area contributed by atoms with Gasteiger partial charge in [-0.3, -0.25) is 4.79 Å². The van der Waals surface area contributed by atoms with Crippen molar-refractivity contribution in [2.24, 2.45) is 5.41 Å². The molecule has 2 aromatic rings. The minimum atomic E-state index is -0.0332. The molecule has 24 heavy (non-hydrogen) atoms. The molecule has 0 radical (unpaired) electrons. The molecule has 1 saturated carbocycles. The van der Waals surface area contributed by atoms with Crippen molar-refractivity contribution >= 4 is 5.91 Å². The van der Waals surface area contributed by atoms with E-state index in [1.54, 1.807) is 16.9 Å². The molecule has 1 N–H and O–H groups in total. The van der Waals surface area contributed by atoms with Crippen LogP contribution in [-0.4, -0.2) is 34.9 Å². The van der Waals surface area contributed by atoms with Gasteiger partial charge in [0.25, 0.3) is 5.91 Å². The molecule has 5 heteroatoms. The van der Waals surface area contributed by atoms with Crippen LogP contribution in [0.25, 0.3) is 5.69 Å². The molecule has 1 aliphatic heterocycles. The Morgan fingerprint density at radius 3 is 2.75 bits per heavy atom. The average Bonchev–Trinajstić information content (AvgIpc) is 3.25. The Balaban J connectivity index is 1.54. The number of amides is 1. The van der Waals surface area contributed by atoms with Crippen LogP contribution in [0.2, 0.25) is 0 Å². The van der Waals surface area contributed by atoms with Gasteiger partial charge >= 0.3 is 0 Å². The SMILES string of the molecule is O=C(NC1CCCC12CCOCC2)c1ccnn1-c1ccccc1. The maximum Gasteiger partial charge on any atom is 0.270 e. The Bertz CT molecular complexity index is 704. The maximum absolute atomic E-state index is 12.9. The molecule has 5 nitrogen and oxygen atoms in total. The van der Waals surface area contributed by atoms with Gasteiger partial charge in [-0.2, -0.15) is 5.10 Å². The lowest BCUT2D eigenvalue weighted by Crippen LogP contribution is -2.47. The van der Waals surface area contributed by atoms with E-state index in [9.17, 15) is 4.79 Å². The molecular formula is C19H23N3O2. The summed E-state index contributed by atoms with van der Waals surface area (Å²) in [5.74, 6) is -0.0332. The van der Waals surface area contributed by atoms with Crippen molar-refractivity contribution in [2.45, 2.75) is 38.1 Å². The highest BCUT2D eigenvalue weighted by Crippen LogP contribution is 2.46. The van der Waals surface area contributed by atoms with Crippen molar-refractivity contribution in [1.29, 1.82) is 0 Å². The fraction of sp³-hybridized carbons (Fsp3) is 0.474. The van der Waals surface area contributed by atoms with Crippen LogP contribution < -0.4 is 5.32 Å². The summed E-state index contributed by atoms with van der Waals surface area (Å²) >= 11 is 0. The second kappa shape index (κ2) is 6.40. The number of aromatic nitrogens is 2. The van der Waals surface area contributed by atoms with Gasteiger partial charge in [0.15, 0.2) is 0 Å². The number of carbonyl (C=O) groups excluding carboxylic acids is 1. The zero-order valence-electron chi connectivity index (χ0n) is 13.8. The van der Waals surface area contributed by atoms with E-state index in [2.05, 4.69) is 10.4 Å². The number of hydrogen-bond donors (Lipinski definition) is 1. The third-order valence-electron chi connectivity index (χ3n) is 5.58. The molecule has 1 aliphatic carbocycles. The van der Waals surface area contributed by atoms with Crippen LogP contribution in [0.15, 0.2) is 42.6 Å². The Kier molecular flexibility index (Phi) is 4.10. The van der Waals surface area contributed by atoms with E-state index in [1.807, 2.05) is 30.3 Å². The Labute approximate surface area is 142 Å². The summed E-state index contributed by atoms with van der Waals surface area (Å²) in [5.41, 5.74) is 1.72. The van der Waals surface area contributed by atoms with Crippen LogP contribution in [0.3, 0.4) is 0 Å². The summed E-state index contributed by atoms with van der Waals surface area (Å²) in [5, 5.41) is 7.62. The fourth-order valence-electron chi connectivity index (χ4n) is 4.22. The van der Waals surface area contributed by atoms with Crippen LogP contribution >= 0.6 is 0 Å². The highest BCUT2D eigenvalue weighted by molar-refractivity contribution is 5.93. The van der Waals surface area contributed by atoms with Crippen LogP contribution in [-0.2, 0) is 4.74 Å². The normalized spacial score (nSPS) is 22.6. The van der Waals surface area contributed by atoms with E-state index >= 15 is 0 Å². The molecular weight excluding hydrogens is 302 g/mol. The monoisotopic (exact) mass is 325 g/mol. The van der Waals surface area contributed by atoms with E-state index < -0.39 is 0 Å². The quantitative estimate of drug-likeness (QED) is 0.944. The minimum Gasteiger partial charge on any atom is -0.381 e. The number of hydrogen-bond acceptors (Lipinski definition) is 3. The van der Waals surface area contributed by atoms with Gasteiger partial charge in [-0.1, -0.05) is 24.6 Å². The van der Waals surface area contributed by atoms with Gasteiger partial charge < -0.3 is 10.1 Å². The standard InChI is InChI=1S/C19H23N3O2/c23-18(16-8-12-20-22(16)15-5-2-1-3-6-15)21-17-7-4-9-19(17)10-13-24-14-11-19/h1-3,5-6,8,12,17H,4,7,9-11,13-14H2,(H,21,23). The molecule has 1 aromatic heterocycles. The largest absolute Gasteiger partial charge is 0.381 e. The van der Waals surface area contributed by atoms with Gasteiger partial charge in [-0.05, 0) is 49.3 Å². The molecule has 1 aromatic carbocycles. The van der Waals surface area contributed by atoms with Crippen LogP contribution in [0.1, 0.15) is 42.6 Å². The average molecular weight is 325 g/mol. The maximum atomic E-state index is 12.9. The molecule has 2 heterocycles. The first-order valence-electron chi connectivity index (χ1n) is 8.77. The Hall–Kier alpha value is -2.14. The zero-order chi connectivity index (χ0) is 16.4. The third kappa shape index (κ3) is 2.73. The molecule has 1 amide bonds. The molecule has 1 unspecified atom stereocenters. The fourth-order valence-corrected chi connectivity index (χ4v) is 4.22. The van der Waals surface area contributed by atoms with Gasteiger partial charge in [-0.25, -0.2) is 4.68 Å². The van der Waals surface area contributed by atoms with Crippen LogP contribution in [0, 0.1) is 5.41 Å². The van der Waals surface area contributed by atoms with Crippen molar-refractivity contribution in [3.8, 4) is 5.69 Å². The molecule has 126 valence electrons. The van der Waals surface area contributed by atoms with Crippen molar-refractivity contribution in [3.63, 3.8) is 0 Å². The van der Waals surface area contributed by atoms with Gasteiger partial charge in [0, 0.05) is 19.3 Å². The van der Waals surface area contributed by atoms with E-state index in [1.165, 1.54) is 12.8 Å². The topological polar surface area (TPSA) is 56.1 Å². The predicted octanol–water partition coefficient (Wildman–Crippen LogP) is 2.95. The molecule has 4 rings (SSSR count). The molecule has 0 bridgehead atoms. The van der Waals surface area contributed by atoms with Gasteiger partial charge in [-0.15, -0.1) is 0 Å². The molecule has 1 atom stereocenters. The second-order valence-corrected chi connectivity index (χ2v) is 6.86. The van der Waals surface area contributed by atoms with Crippen molar-refractivity contribution in [2.75, 3.05) is 13.2 Å². The van der Waals surface area contributed by atoms with Crippen LogP contribution in [0.5, 0.6) is 0 Å². The first kappa shape index (κ1) is 15.4. The lowest BCUT2D eigenvalue weighted by atomic mass is 9.75. The van der Waals surface area contributed by atoms with Crippen molar-refractivity contribution in [3.05, 3.63) is 48.3 Å². The van der Waals surface area contributed by atoms with E-state index in [4.69, 9.17) is 4.74 Å². The molecule has 2 fully saturated rings. The highest BCUT2D eigenvalue weighted by Gasteiger charge is 2.44. The van der Waals surface area contributed by atoms with Crippen molar-refractivity contribution < 1.29 is 9.53 Å². The lowest BCUT2D eigenvalue weighted by molar-refractivity contribution is 0.00467. The lowest BCUT2D eigenvalue weighted by Gasteiger charge is -2.39. The van der Waals surface area contributed by atoms with E-state index in [0.717, 1.165) is 38.2 Å². The summed E-state index contributed by atoms with van der Waals surface area (Å²) in [6, 6.07) is 11.8. The first-order chi connectivity index (χ1) is 11.8. The Morgan fingerprint density at radius 1 is 1.17 bits per heavy atom. The predicted molar refractivity (Wildman–Crippen MR) is 91.2 cm³/mol. The van der Waals surface area contributed by atoms with Gasteiger partial charge in [0.2, 0.25) is 0 Å². The number of rotatable bonds is 3. The van der Waals surface area contributed by atoms with E-state index in [0.29, 0.717) is 5.69 Å². The Morgan fingerprint density at radius 2 is 1.96 bits per heavy atom. The third-order valence-corrected chi connectivity index (χ3v) is 5.58. The summed E-state index contributed by atoms with van der Waals surface area (Å²) in [6.45, 7) is 1.63. The number of nitrogens with zero attached hydrogens (tertiary/aromatic N) is 2. The highest BCUT2D eigenvalue weighted by atomic mass is 16.5. The van der Waals surface area contributed by atoms with Gasteiger partial charge in [0.05, 0.1) is 11.9 Å². The number of para-hydroxylation sites is 1. The van der Waals surface area contributed by atoms with Crippen molar-refractivity contribution in [1.82, 2.24) is 15.1 Å². The summed E-state index contributed by atoms with van der Waals surface area (Å²) in [7, 11) is 0. The summed E-state index contributed by atoms with van der Waals surface area (Å²) < 4.78 is 7.24. The molecule has 1 spiro atoms. The molecule has 2 aliphatic rings. The summed E-state index contributed by atoms with van der Waals surface area (Å²) in [4.78, 5) is 12.9. The number of benzene rings is 1. The number of nitrogens with one attached hydrogen (secondary N) is 1. The smallest absolute Gasteiger partial charge is 0.270 e. The number of ether oxygens (including phenoxy) is 1. The first-order valence-corrected chi connectivity index (χ1v) is 8.77. The van der Waals surface area contributed by atoms with Gasteiger partial charge in [0.1, 0.15) is 5.69 Å². The number of carbonyl (C=O) groups is 1. The minimum absolute atomic E-state index is 0.0332. The molecule has 1 saturated heterocycles. The zero-order valence-corrected chi connectivity index (χ0v) is 13.8. The second-order valence-electron chi connectivity index (χ2n) is 6.86. The van der Waals surface area contributed by atoms with E-state index in [-0.39, 0.29) is 17.4 Å². The van der Waals surface area contributed by atoms with Crippen LogP contribution in [0.4, 0.5) is 0 Å².